The van der Waals surface area contributed by atoms with E-state index in [0.717, 1.165) is 31.2 Å². The summed E-state index contributed by atoms with van der Waals surface area (Å²) in [6.45, 7) is 0.460. The van der Waals surface area contributed by atoms with Crippen LogP contribution in [0.4, 0.5) is 0 Å². The molecule has 0 spiro atoms. The molecule has 1 aliphatic carbocycles. The lowest BCUT2D eigenvalue weighted by atomic mass is 9.98. The average molecular weight is 285 g/mol. The Kier molecular flexibility index (Phi) is 3.75. The number of hydrogen-bond donors (Lipinski definition) is 2. The van der Waals surface area contributed by atoms with Crippen LogP contribution in [-0.4, -0.2) is 23.0 Å². The van der Waals surface area contributed by atoms with E-state index >= 15 is 0 Å². The molecular weight excluding hydrogens is 266 g/mol. The van der Waals surface area contributed by atoms with Gasteiger partial charge in [0, 0.05) is 12.1 Å². The monoisotopic (exact) mass is 285 g/mol. The fourth-order valence-electron chi connectivity index (χ4n) is 2.83. The smallest absolute Gasteiger partial charge is 0.273 e. The molecule has 0 radical (unpaired) electrons. The first kappa shape index (κ1) is 13.8. The number of carbonyl (C=O) groups excluding carboxylic acids is 1. The first-order valence-corrected chi connectivity index (χ1v) is 7.26. The molecule has 1 saturated carbocycles. The maximum Gasteiger partial charge on any atom is 0.273 e. The number of rotatable bonds is 4. The normalized spacial score (nSPS) is 16.8. The second kappa shape index (κ2) is 5.69. The number of nitrogens with two attached hydrogens (primary N) is 1. The van der Waals surface area contributed by atoms with Crippen molar-refractivity contribution in [2.24, 2.45) is 5.73 Å². The minimum absolute atomic E-state index is 0.215. The fraction of sp³-hybridized carbons (Fsp3) is 0.375. The summed E-state index contributed by atoms with van der Waals surface area (Å²) < 4.78 is 5.40. The van der Waals surface area contributed by atoms with Gasteiger partial charge in [-0.05, 0) is 25.0 Å². The van der Waals surface area contributed by atoms with Crippen LogP contribution in [-0.2, 0) is 0 Å². The number of aromatic nitrogens is 1. The molecule has 1 aromatic carbocycles. The van der Waals surface area contributed by atoms with E-state index in [1.165, 1.54) is 6.26 Å². The second-order valence-corrected chi connectivity index (χ2v) is 5.55. The van der Waals surface area contributed by atoms with Crippen LogP contribution < -0.4 is 11.1 Å². The minimum Gasteiger partial charge on any atom is -0.444 e. The van der Waals surface area contributed by atoms with Crippen LogP contribution in [0.15, 0.2) is 41.0 Å². The molecule has 3 rings (SSSR count). The van der Waals surface area contributed by atoms with E-state index in [0.29, 0.717) is 18.1 Å². The summed E-state index contributed by atoms with van der Waals surface area (Å²) in [5.41, 5.74) is 6.71. The van der Waals surface area contributed by atoms with Gasteiger partial charge in [-0.15, -0.1) is 0 Å². The molecule has 0 unspecified atom stereocenters. The fourth-order valence-corrected chi connectivity index (χ4v) is 2.83. The van der Waals surface area contributed by atoms with E-state index in [4.69, 9.17) is 10.2 Å². The third-order valence-corrected chi connectivity index (χ3v) is 4.09. The second-order valence-electron chi connectivity index (χ2n) is 5.55. The van der Waals surface area contributed by atoms with Crippen molar-refractivity contribution >= 4 is 5.91 Å². The number of benzene rings is 1. The Morgan fingerprint density at radius 1 is 1.29 bits per heavy atom. The van der Waals surface area contributed by atoms with Crippen LogP contribution in [0.1, 0.15) is 36.2 Å². The van der Waals surface area contributed by atoms with E-state index in [1.807, 2.05) is 30.3 Å². The van der Waals surface area contributed by atoms with Crippen LogP contribution >= 0.6 is 0 Å². The molecule has 2 aromatic rings. The van der Waals surface area contributed by atoms with Crippen molar-refractivity contribution in [3.63, 3.8) is 0 Å². The van der Waals surface area contributed by atoms with Crippen molar-refractivity contribution in [3.8, 4) is 11.5 Å². The van der Waals surface area contributed by atoms with Crippen LogP contribution in [0, 0.1) is 0 Å². The predicted molar refractivity (Wildman–Crippen MR) is 79.7 cm³/mol. The van der Waals surface area contributed by atoms with Crippen molar-refractivity contribution in [2.75, 3.05) is 6.54 Å². The first-order valence-electron chi connectivity index (χ1n) is 7.26. The molecule has 0 aliphatic heterocycles. The Morgan fingerprint density at radius 2 is 2.00 bits per heavy atom. The molecule has 1 aliphatic rings. The van der Waals surface area contributed by atoms with E-state index in [1.54, 1.807) is 0 Å². The molecule has 1 amide bonds. The van der Waals surface area contributed by atoms with E-state index < -0.39 is 0 Å². The molecule has 0 atom stereocenters. The third-order valence-electron chi connectivity index (χ3n) is 4.09. The number of amides is 1. The molecule has 5 nitrogen and oxygen atoms in total. The number of carbonyl (C=O) groups is 1. The highest BCUT2D eigenvalue weighted by molar-refractivity contribution is 5.93. The Bertz CT molecular complexity index is 615. The molecule has 1 fully saturated rings. The van der Waals surface area contributed by atoms with Crippen molar-refractivity contribution in [2.45, 2.75) is 31.2 Å². The predicted octanol–water partition coefficient (Wildman–Crippen LogP) is 2.34. The van der Waals surface area contributed by atoms with E-state index in [9.17, 15) is 4.79 Å². The molecule has 0 bridgehead atoms. The van der Waals surface area contributed by atoms with Crippen molar-refractivity contribution in [1.82, 2.24) is 10.3 Å². The lowest BCUT2D eigenvalue weighted by molar-refractivity contribution is 0.0898. The molecule has 21 heavy (non-hydrogen) atoms. The third kappa shape index (κ3) is 2.83. The Balaban J connectivity index is 1.75. The van der Waals surface area contributed by atoms with Gasteiger partial charge < -0.3 is 15.5 Å². The standard InChI is InChI=1S/C16H19N3O2/c17-11-16(8-4-5-9-16)19-14(20)13-10-21-15(18-13)12-6-2-1-3-7-12/h1-3,6-7,10H,4-5,8-9,11,17H2,(H,19,20). The summed E-state index contributed by atoms with van der Waals surface area (Å²) in [6.07, 6.45) is 5.46. The number of oxazole rings is 1. The summed E-state index contributed by atoms with van der Waals surface area (Å²) in [6, 6.07) is 9.52. The maximum absolute atomic E-state index is 12.3. The zero-order valence-corrected chi connectivity index (χ0v) is 11.8. The zero-order chi connectivity index (χ0) is 14.7. The van der Waals surface area contributed by atoms with Crippen molar-refractivity contribution < 1.29 is 9.21 Å². The number of nitrogens with one attached hydrogen (secondary N) is 1. The largest absolute Gasteiger partial charge is 0.444 e. The highest BCUT2D eigenvalue weighted by Crippen LogP contribution is 2.29. The molecule has 1 heterocycles. The molecule has 1 aromatic heterocycles. The zero-order valence-electron chi connectivity index (χ0n) is 11.8. The van der Waals surface area contributed by atoms with Gasteiger partial charge in [0.15, 0.2) is 5.69 Å². The van der Waals surface area contributed by atoms with Gasteiger partial charge in [0.05, 0.1) is 5.54 Å². The van der Waals surface area contributed by atoms with E-state index in [-0.39, 0.29) is 11.4 Å². The maximum atomic E-state index is 12.3. The molecule has 0 saturated heterocycles. The first-order chi connectivity index (χ1) is 10.2. The van der Waals surface area contributed by atoms with Gasteiger partial charge in [0.1, 0.15) is 6.26 Å². The topological polar surface area (TPSA) is 81.1 Å². The van der Waals surface area contributed by atoms with Gasteiger partial charge in [0.2, 0.25) is 5.89 Å². The Hall–Kier alpha value is -2.14. The van der Waals surface area contributed by atoms with Crippen molar-refractivity contribution in [3.05, 3.63) is 42.3 Å². The summed E-state index contributed by atoms with van der Waals surface area (Å²) >= 11 is 0. The van der Waals surface area contributed by atoms with Gasteiger partial charge in [-0.3, -0.25) is 4.79 Å². The van der Waals surface area contributed by atoms with Crippen LogP contribution in [0.5, 0.6) is 0 Å². The molecule has 110 valence electrons. The summed E-state index contributed by atoms with van der Waals surface area (Å²) in [5, 5.41) is 3.04. The number of nitrogens with zero attached hydrogens (tertiary/aromatic N) is 1. The summed E-state index contributed by atoms with van der Waals surface area (Å²) in [7, 11) is 0. The highest BCUT2D eigenvalue weighted by Gasteiger charge is 2.34. The van der Waals surface area contributed by atoms with Crippen molar-refractivity contribution in [1.29, 1.82) is 0 Å². The number of hydrogen-bond acceptors (Lipinski definition) is 4. The van der Waals surface area contributed by atoms with Gasteiger partial charge in [-0.2, -0.15) is 0 Å². The van der Waals surface area contributed by atoms with Crippen LogP contribution in [0.2, 0.25) is 0 Å². The minimum atomic E-state index is -0.275. The average Bonchev–Trinajstić information content (AvgIpc) is 3.18. The quantitative estimate of drug-likeness (QED) is 0.903. The van der Waals surface area contributed by atoms with Gasteiger partial charge in [-0.1, -0.05) is 31.0 Å². The summed E-state index contributed by atoms with van der Waals surface area (Å²) in [5.74, 6) is 0.238. The lowest BCUT2D eigenvalue weighted by Gasteiger charge is -2.28. The van der Waals surface area contributed by atoms with E-state index in [2.05, 4.69) is 10.3 Å². The SMILES string of the molecule is NCC1(NC(=O)c2coc(-c3ccccc3)n2)CCCC1. The lowest BCUT2D eigenvalue weighted by Crippen LogP contribution is -2.51. The van der Waals surface area contributed by atoms with Crippen LogP contribution in [0.25, 0.3) is 11.5 Å². The molecule has 5 heteroatoms. The Labute approximate surface area is 123 Å². The molecular formula is C16H19N3O2. The van der Waals surface area contributed by atoms with Crippen LogP contribution in [0.3, 0.4) is 0 Å². The van der Waals surface area contributed by atoms with Gasteiger partial charge in [0.25, 0.3) is 5.91 Å². The summed E-state index contributed by atoms with van der Waals surface area (Å²) in [4.78, 5) is 16.6. The molecule has 3 N–H and O–H groups in total. The van der Waals surface area contributed by atoms with Gasteiger partial charge in [-0.25, -0.2) is 4.98 Å². The van der Waals surface area contributed by atoms with Gasteiger partial charge >= 0.3 is 0 Å². The Morgan fingerprint density at radius 3 is 2.67 bits per heavy atom. The highest BCUT2D eigenvalue weighted by atomic mass is 16.3.